The van der Waals surface area contributed by atoms with E-state index in [1.807, 2.05) is 6.92 Å². The van der Waals surface area contributed by atoms with Gasteiger partial charge in [-0.1, -0.05) is 12.1 Å². The molecule has 5 heteroatoms. The highest BCUT2D eigenvalue weighted by molar-refractivity contribution is 6.26. The first-order valence-electron chi connectivity index (χ1n) is 4.18. The van der Waals surface area contributed by atoms with Crippen LogP contribution in [0.2, 0.25) is 0 Å². The van der Waals surface area contributed by atoms with Gasteiger partial charge in [0.15, 0.2) is 0 Å². The van der Waals surface area contributed by atoms with E-state index >= 15 is 0 Å². The van der Waals surface area contributed by atoms with E-state index < -0.39 is 6.10 Å². The van der Waals surface area contributed by atoms with Crippen LogP contribution in [0.1, 0.15) is 6.92 Å². The normalized spacial score (nSPS) is 28.4. The van der Waals surface area contributed by atoms with Gasteiger partial charge in [-0.3, -0.25) is 4.79 Å². The quantitative estimate of drug-likeness (QED) is 0.465. The van der Waals surface area contributed by atoms with Crippen molar-refractivity contribution in [1.82, 2.24) is 4.90 Å². The monoisotopic (exact) mass is 186 g/mol. The van der Waals surface area contributed by atoms with E-state index in [1.165, 1.54) is 7.11 Å². The van der Waals surface area contributed by atoms with Crippen LogP contribution in [0.4, 0.5) is 0 Å². The van der Waals surface area contributed by atoms with Gasteiger partial charge in [0.05, 0.1) is 6.10 Å². The second-order valence-electron chi connectivity index (χ2n) is 3.20. The Bertz CT molecular complexity index is 207. The van der Waals surface area contributed by atoms with Gasteiger partial charge in [0.1, 0.15) is 13.3 Å². The third kappa shape index (κ3) is 2.42. The van der Waals surface area contributed by atoms with Crippen LogP contribution in [0, 0.1) is 5.92 Å². The molecule has 1 fully saturated rings. The minimum Gasteiger partial charge on any atom is -0.399 e. The van der Waals surface area contributed by atoms with Crippen molar-refractivity contribution in [2.24, 2.45) is 11.1 Å². The number of likely N-dealkylation sites (tertiary alicyclic amines) is 1. The minimum atomic E-state index is -0.417. The molecule has 1 heterocycles. The number of hydrogen-bond acceptors (Lipinski definition) is 4. The molecule has 5 nitrogen and oxygen atoms in total. The molecule has 13 heavy (non-hydrogen) atoms. The summed E-state index contributed by atoms with van der Waals surface area (Å²) in [6, 6.07) is 0. The first kappa shape index (κ1) is 9.98. The fourth-order valence-corrected chi connectivity index (χ4v) is 1.31. The molecule has 0 saturated carbocycles. The van der Waals surface area contributed by atoms with E-state index in [2.05, 4.69) is 9.99 Å². The molecular weight excluding hydrogens is 172 g/mol. The third-order valence-electron chi connectivity index (χ3n) is 2.15. The van der Waals surface area contributed by atoms with E-state index in [9.17, 15) is 9.90 Å². The molecule has 1 aliphatic heterocycles. The predicted octanol–water partition coefficient (Wildman–Crippen LogP) is -0.542. The summed E-state index contributed by atoms with van der Waals surface area (Å²) in [6.45, 7) is 2.87. The van der Waals surface area contributed by atoms with E-state index in [1.54, 1.807) is 4.90 Å². The number of hydrogen-bond donors (Lipinski definition) is 1. The van der Waals surface area contributed by atoms with E-state index in [0.717, 1.165) is 6.21 Å². The molecule has 1 amide bonds. The van der Waals surface area contributed by atoms with E-state index in [4.69, 9.17) is 0 Å². The molecule has 0 radical (unpaired) electrons. The van der Waals surface area contributed by atoms with Crippen molar-refractivity contribution >= 4 is 12.1 Å². The zero-order valence-electron chi connectivity index (χ0n) is 7.80. The fraction of sp³-hybridized carbons (Fsp3) is 0.750. The number of amides is 1. The van der Waals surface area contributed by atoms with Crippen LogP contribution in [-0.4, -0.2) is 48.4 Å². The molecule has 1 rings (SSSR count). The van der Waals surface area contributed by atoms with Gasteiger partial charge < -0.3 is 14.8 Å². The van der Waals surface area contributed by atoms with Crippen LogP contribution < -0.4 is 0 Å². The third-order valence-corrected chi connectivity index (χ3v) is 2.15. The molecule has 2 unspecified atom stereocenters. The maximum atomic E-state index is 11.3. The summed E-state index contributed by atoms with van der Waals surface area (Å²) in [5.41, 5.74) is 0. The van der Waals surface area contributed by atoms with E-state index in [0.29, 0.717) is 13.1 Å². The Balaban J connectivity index is 2.46. The maximum absolute atomic E-state index is 11.3. The van der Waals surface area contributed by atoms with E-state index in [-0.39, 0.29) is 11.8 Å². The summed E-state index contributed by atoms with van der Waals surface area (Å²) < 4.78 is 0. The Morgan fingerprint density at radius 1 is 1.69 bits per heavy atom. The van der Waals surface area contributed by atoms with Crippen molar-refractivity contribution in [3.8, 4) is 0 Å². The van der Waals surface area contributed by atoms with Gasteiger partial charge in [0.2, 0.25) is 0 Å². The molecule has 0 aromatic rings. The van der Waals surface area contributed by atoms with Gasteiger partial charge in [-0.25, -0.2) is 0 Å². The van der Waals surface area contributed by atoms with Crippen LogP contribution in [0.5, 0.6) is 0 Å². The lowest BCUT2D eigenvalue weighted by molar-refractivity contribution is -0.123. The van der Waals surface area contributed by atoms with Crippen LogP contribution in [0.3, 0.4) is 0 Å². The van der Waals surface area contributed by atoms with Gasteiger partial charge in [-0.15, -0.1) is 0 Å². The summed E-state index contributed by atoms with van der Waals surface area (Å²) in [6.07, 6.45) is 0.699. The number of carbonyl (C=O) groups excluding carboxylic acids is 1. The first-order chi connectivity index (χ1) is 6.15. The van der Waals surface area contributed by atoms with Crippen molar-refractivity contribution < 1.29 is 14.7 Å². The highest BCUT2D eigenvalue weighted by Crippen LogP contribution is 2.15. The number of oxime groups is 1. The predicted molar refractivity (Wildman–Crippen MR) is 47.3 cm³/mol. The molecule has 0 aliphatic carbocycles. The van der Waals surface area contributed by atoms with Crippen molar-refractivity contribution in [2.45, 2.75) is 13.0 Å². The SMILES string of the molecule is CO/N=C/C(=O)N1CC(C)C(O)C1. The first-order valence-corrected chi connectivity index (χ1v) is 4.18. The number of carbonyl (C=O) groups is 1. The second-order valence-corrected chi connectivity index (χ2v) is 3.20. The highest BCUT2D eigenvalue weighted by Gasteiger charge is 2.30. The van der Waals surface area contributed by atoms with Crippen molar-refractivity contribution in [3.05, 3.63) is 0 Å². The van der Waals surface area contributed by atoms with Gasteiger partial charge in [-0.2, -0.15) is 0 Å². The summed E-state index contributed by atoms with van der Waals surface area (Å²) in [7, 11) is 1.38. The molecule has 0 aromatic heterocycles. The Kier molecular flexibility index (Phi) is 3.25. The Morgan fingerprint density at radius 3 is 2.85 bits per heavy atom. The average molecular weight is 186 g/mol. The van der Waals surface area contributed by atoms with Crippen LogP contribution in [-0.2, 0) is 9.63 Å². The smallest absolute Gasteiger partial charge is 0.268 e. The minimum absolute atomic E-state index is 0.139. The molecule has 1 saturated heterocycles. The zero-order valence-corrected chi connectivity index (χ0v) is 7.80. The van der Waals surface area contributed by atoms with Crippen molar-refractivity contribution in [3.63, 3.8) is 0 Å². The van der Waals surface area contributed by atoms with Gasteiger partial charge in [0.25, 0.3) is 5.91 Å². The van der Waals surface area contributed by atoms with Crippen LogP contribution >= 0.6 is 0 Å². The number of aliphatic hydroxyl groups excluding tert-OH is 1. The molecule has 1 N–H and O–H groups in total. The Labute approximate surface area is 77.0 Å². The molecule has 0 spiro atoms. The molecule has 2 atom stereocenters. The summed E-state index contributed by atoms with van der Waals surface area (Å²) in [5, 5.41) is 12.7. The summed E-state index contributed by atoms with van der Waals surface area (Å²) in [4.78, 5) is 17.2. The molecule has 74 valence electrons. The molecule has 1 aliphatic rings. The summed E-state index contributed by atoms with van der Waals surface area (Å²) >= 11 is 0. The number of rotatable bonds is 2. The average Bonchev–Trinajstić information content (AvgIpc) is 2.43. The molecule has 0 bridgehead atoms. The van der Waals surface area contributed by atoms with Crippen molar-refractivity contribution in [1.29, 1.82) is 0 Å². The number of β-amino-alcohol motifs (C(OH)–C–C–N with tert-alkyl or cyclic N) is 1. The standard InChI is InChI=1S/C8H14N2O3/c1-6-4-10(5-7(6)11)8(12)3-9-13-2/h3,6-7,11H,4-5H2,1-2H3/b9-3+. The maximum Gasteiger partial charge on any atom is 0.268 e. The molecule has 0 aromatic carbocycles. The molecular formula is C8H14N2O3. The van der Waals surface area contributed by atoms with Crippen LogP contribution in [0.25, 0.3) is 0 Å². The lowest BCUT2D eigenvalue weighted by atomic mass is 10.1. The number of nitrogens with zero attached hydrogens (tertiary/aromatic N) is 2. The second kappa shape index (κ2) is 4.23. The number of aliphatic hydroxyl groups is 1. The Morgan fingerprint density at radius 2 is 2.38 bits per heavy atom. The van der Waals surface area contributed by atoms with Crippen molar-refractivity contribution in [2.75, 3.05) is 20.2 Å². The largest absolute Gasteiger partial charge is 0.399 e. The summed E-state index contributed by atoms with van der Waals surface area (Å²) in [5.74, 6) is -0.0786. The van der Waals surface area contributed by atoms with Crippen LogP contribution in [0.15, 0.2) is 5.16 Å². The lowest BCUT2D eigenvalue weighted by Gasteiger charge is -2.11. The highest BCUT2D eigenvalue weighted by atomic mass is 16.6. The zero-order chi connectivity index (χ0) is 9.84. The lowest BCUT2D eigenvalue weighted by Crippen LogP contribution is -2.30. The van der Waals surface area contributed by atoms with Gasteiger partial charge >= 0.3 is 0 Å². The van der Waals surface area contributed by atoms with Gasteiger partial charge in [0, 0.05) is 19.0 Å². The Hall–Kier alpha value is -1.10. The van der Waals surface area contributed by atoms with Gasteiger partial charge in [-0.05, 0) is 0 Å². The topological polar surface area (TPSA) is 62.1 Å². The fourth-order valence-electron chi connectivity index (χ4n) is 1.31.